The molecule has 0 saturated carbocycles. The smallest absolute Gasteiger partial charge is 0.462 e. The Balaban J connectivity index is 2.15. The van der Waals surface area contributed by atoms with Crippen molar-refractivity contribution in [1.82, 2.24) is 0 Å². The van der Waals surface area contributed by atoms with Crippen molar-refractivity contribution in [2.45, 2.75) is 173 Å². The van der Waals surface area contributed by atoms with E-state index in [2.05, 4.69) is 97.4 Å². The minimum absolute atomic E-state index is 0.116. The molecule has 0 aromatic carbocycles. The van der Waals surface area contributed by atoms with Gasteiger partial charge in [-0.1, -0.05) is 131 Å². The van der Waals surface area contributed by atoms with Gasteiger partial charge in [0.05, 0.1) is 18.8 Å². The molecular weight excluding hydrogens is 715 g/mol. The van der Waals surface area contributed by atoms with Crippen LogP contribution in [0.5, 0.6) is 0 Å². The fourth-order valence-electron chi connectivity index (χ4n) is 5.51. The molecular formula is C45H73O9P. The van der Waals surface area contributed by atoms with Gasteiger partial charge >= 0.3 is 19.8 Å². The number of esters is 2. The van der Waals surface area contributed by atoms with E-state index in [1.807, 2.05) is 6.08 Å². The lowest BCUT2D eigenvalue weighted by molar-refractivity contribution is -0.161. The number of phosphoric acid groups is 1. The second kappa shape index (κ2) is 35.6. The Morgan fingerprint density at radius 1 is 0.564 bits per heavy atom. The van der Waals surface area contributed by atoms with E-state index in [0.717, 1.165) is 64.2 Å². The third kappa shape index (κ3) is 35.4. The predicted octanol–water partition coefficient (Wildman–Crippen LogP) is 11.8. The highest BCUT2D eigenvalue weighted by molar-refractivity contribution is 7.46. The van der Waals surface area contributed by atoms with E-state index in [1.165, 1.54) is 44.9 Å². The van der Waals surface area contributed by atoms with Gasteiger partial charge in [-0.05, 0) is 96.3 Å². The van der Waals surface area contributed by atoms with Crippen LogP contribution >= 0.6 is 7.82 Å². The van der Waals surface area contributed by atoms with Gasteiger partial charge in [0.25, 0.3) is 0 Å². The molecule has 312 valence electrons. The number of phosphoric ester groups is 1. The van der Waals surface area contributed by atoms with E-state index in [0.29, 0.717) is 19.3 Å². The molecule has 1 rings (SSSR count). The topological polar surface area (TPSA) is 132 Å². The van der Waals surface area contributed by atoms with Crippen LogP contribution < -0.4 is 0 Å². The Morgan fingerprint density at radius 2 is 1.00 bits per heavy atom. The average molecular weight is 789 g/mol. The summed E-state index contributed by atoms with van der Waals surface area (Å²) in [6.07, 6.45) is 50.4. The maximum Gasteiger partial charge on any atom is 0.469 e. The Morgan fingerprint density at radius 3 is 1.53 bits per heavy atom. The molecule has 2 N–H and O–H groups in total. The van der Waals surface area contributed by atoms with Gasteiger partial charge in [0.2, 0.25) is 0 Å². The Kier molecular flexibility index (Phi) is 32.5. The largest absolute Gasteiger partial charge is 0.469 e. The highest BCUT2D eigenvalue weighted by atomic mass is 31.2. The van der Waals surface area contributed by atoms with Crippen LogP contribution in [0.3, 0.4) is 0 Å². The van der Waals surface area contributed by atoms with Gasteiger partial charge in [0.1, 0.15) is 6.61 Å². The fourth-order valence-corrected chi connectivity index (χ4v) is 5.87. The van der Waals surface area contributed by atoms with Gasteiger partial charge in [-0.25, -0.2) is 4.57 Å². The maximum atomic E-state index is 12.4. The van der Waals surface area contributed by atoms with Crippen LogP contribution in [-0.4, -0.2) is 53.3 Å². The van der Waals surface area contributed by atoms with E-state index in [-0.39, 0.29) is 31.7 Å². The maximum absolute atomic E-state index is 12.4. The lowest BCUT2D eigenvalue weighted by Crippen LogP contribution is -2.29. The Bertz CT molecular complexity index is 1230. The Hall–Kier alpha value is -2.81. The molecule has 9 nitrogen and oxygen atoms in total. The van der Waals surface area contributed by atoms with Gasteiger partial charge in [-0.3, -0.25) is 14.1 Å². The predicted molar refractivity (Wildman–Crippen MR) is 224 cm³/mol. The number of hydrogen-bond acceptors (Lipinski definition) is 7. The van der Waals surface area contributed by atoms with E-state index in [4.69, 9.17) is 24.0 Å². The second-order valence-electron chi connectivity index (χ2n) is 14.0. The number of rotatable bonds is 36. The van der Waals surface area contributed by atoms with E-state index in [9.17, 15) is 14.2 Å². The number of unbranched alkanes of at least 4 members (excludes halogenated alkanes) is 10. The summed E-state index contributed by atoms with van der Waals surface area (Å²) in [4.78, 5) is 42.9. The molecule has 0 amide bonds. The first kappa shape index (κ1) is 50.2. The zero-order chi connectivity index (χ0) is 40.1. The average Bonchev–Trinajstić information content (AvgIpc) is 3.91. The standard InChI is InChI=1S/C45H73O9P/c1-3-5-7-9-11-13-14-15-16-17-18-19-20-21-22-24-26-28-33-37-44(46)51-39-41(40-52-55(48,49)50)53-45(47)38-34-30-29-32-36-43-42(54-43)35-31-27-25-23-12-10-8-6-4-2/h11-13,15-16,18-19,21-23,27,29,31-32,41-43H,3-10,14,17,20,24-26,28,30,33-40H2,1-2H3,(H2,48,49,50)/b13-11-,16-15-,19-18-,22-21-,23-12-,31-27-,32-29-/t41-,42?,43?/m1/s1. The minimum atomic E-state index is -4.79. The SMILES string of the molecule is CCCCC/C=C\C/C=C\C/C=C\C/C=C\CCCCCC(=O)OC[C@H](COP(=O)(O)O)OC(=O)CCC/C=C\CC1OC1C/C=C\C/C=C\CCCCC. The lowest BCUT2D eigenvalue weighted by atomic mass is 10.1. The molecule has 1 aliphatic rings. The van der Waals surface area contributed by atoms with Crippen molar-refractivity contribution < 1.29 is 42.7 Å². The van der Waals surface area contributed by atoms with Crippen LogP contribution in [0.4, 0.5) is 0 Å². The van der Waals surface area contributed by atoms with Crippen LogP contribution in [-0.2, 0) is 32.9 Å². The van der Waals surface area contributed by atoms with E-state index >= 15 is 0 Å². The van der Waals surface area contributed by atoms with E-state index in [1.54, 1.807) is 0 Å². The number of hydrogen-bond donors (Lipinski definition) is 2. The van der Waals surface area contributed by atoms with Crippen LogP contribution in [0.25, 0.3) is 0 Å². The van der Waals surface area contributed by atoms with Crippen LogP contribution in [0.2, 0.25) is 0 Å². The summed E-state index contributed by atoms with van der Waals surface area (Å²) in [6.45, 7) is 3.53. The van der Waals surface area contributed by atoms with Crippen molar-refractivity contribution in [2.75, 3.05) is 13.2 Å². The number of carbonyl (C=O) groups is 2. The van der Waals surface area contributed by atoms with Crippen molar-refractivity contribution in [2.24, 2.45) is 0 Å². The third-order valence-corrected chi connectivity index (χ3v) is 9.27. The normalized spacial score (nSPS) is 17.0. The summed E-state index contributed by atoms with van der Waals surface area (Å²) in [5.74, 6) is -1.00. The molecule has 0 aliphatic carbocycles. The summed E-state index contributed by atoms with van der Waals surface area (Å²) < 4.78 is 32.1. The van der Waals surface area contributed by atoms with Gasteiger partial charge in [0.15, 0.2) is 6.10 Å². The van der Waals surface area contributed by atoms with Crippen LogP contribution in [0.15, 0.2) is 85.1 Å². The first-order valence-corrected chi connectivity index (χ1v) is 22.5. The molecule has 10 heteroatoms. The van der Waals surface area contributed by atoms with Gasteiger partial charge in [-0.15, -0.1) is 0 Å². The van der Waals surface area contributed by atoms with Crippen LogP contribution in [0, 0.1) is 0 Å². The van der Waals surface area contributed by atoms with Crippen LogP contribution in [0.1, 0.15) is 155 Å². The molecule has 0 radical (unpaired) electrons. The van der Waals surface area contributed by atoms with Gasteiger partial charge < -0.3 is 24.0 Å². The monoisotopic (exact) mass is 788 g/mol. The molecule has 0 bridgehead atoms. The van der Waals surface area contributed by atoms with Crippen molar-refractivity contribution in [3.8, 4) is 0 Å². The fraction of sp³-hybridized carbons (Fsp3) is 0.644. The summed E-state index contributed by atoms with van der Waals surface area (Å²) in [6, 6.07) is 0. The molecule has 1 fully saturated rings. The molecule has 1 aliphatic heterocycles. The van der Waals surface area contributed by atoms with Crippen molar-refractivity contribution >= 4 is 19.8 Å². The van der Waals surface area contributed by atoms with Crippen molar-refractivity contribution in [3.05, 3.63) is 85.1 Å². The first-order valence-electron chi connectivity index (χ1n) is 21.0. The highest BCUT2D eigenvalue weighted by Gasteiger charge is 2.36. The third-order valence-electron chi connectivity index (χ3n) is 8.79. The van der Waals surface area contributed by atoms with Crippen molar-refractivity contribution in [1.29, 1.82) is 0 Å². The first-order chi connectivity index (χ1) is 26.7. The van der Waals surface area contributed by atoms with E-state index < -0.39 is 32.5 Å². The molecule has 3 atom stereocenters. The van der Waals surface area contributed by atoms with Gasteiger partial charge in [-0.2, -0.15) is 0 Å². The number of epoxide rings is 1. The number of allylic oxidation sites excluding steroid dienone is 12. The number of carbonyl (C=O) groups excluding carboxylic acids is 2. The quantitative estimate of drug-likeness (QED) is 0.0209. The molecule has 55 heavy (non-hydrogen) atoms. The summed E-state index contributed by atoms with van der Waals surface area (Å²) >= 11 is 0. The van der Waals surface area contributed by atoms with Crippen molar-refractivity contribution in [3.63, 3.8) is 0 Å². The van der Waals surface area contributed by atoms with Gasteiger partial charge in [0, 0.05) is 12.8 Å². The molecule has 0 spiro atoms. The molecule has 0 aromatic heterocycles. The minimum Gasteiger partial charge on any atom is -0.462 e. The summed E-state index contributed by atoms with van der Waals surface area (Å²) in [7, 11) is -4.79. The molecule has 1 heterocycles. The lowest BCUT2D eigenvalue weighted by Gasteiger charge is -2.18. The molecule has 2 unspecified atom stereocenters. The summed E-state index contributed by atoms with van der Waals surface area (Å²) in [5, 5.41) is 0. The molecule has 1 saturated heterocycles. The molecule has 0 aromatic rings. The number of ether oxygens (including phenoxy) is 3. The zero-order valence-corrected chi connectivity index (χ0v) is 34.9. The zero-order valence-electron chi connectivity index (χ0n) is 34.0. The Labute approximate surface area is 333 Å². The second-order valence-corrected chi connectivity index (χ2v) is 15.2. The summed E-state index contributed by atoms with van der Waals surface area (Å²) in [5.41, 5.74) is 0. The highest BCUT2D eigenvalue weighted by Crippen LogP contribution is 2.36.